The molecule has 1 amide bonds. The molecule has 0 aliphatic heterocycles. The molecule has 1 N–H and O–H groups in total. The lowest BCUT2D eigenvalue weighted by atomic mass is 9.82. The molecule has 2 atom stereocenters. The maximum Gasteiger partial charge on any atom is 0.303 e. The first-order valence-electron chi connectivity index (χ1n) is 16.5. The maximum atomic E-state index is 11.9. The molecule has 252 valence electrons. The summed E-state index contributed by atoms with van der Waals surface area (Å²) in [6, 6.07) is 28.8. The molecule has 0 fully saturated rings. The number of amides is 1. The van der Waals surface area contributed by atoms with Gasteiger partial charge in [0.1, 0.15) is 24.7 Å². The normalized spacial score (nSPS) is 16.4. The molecule has 0 saturated carbocycles. The molecule has 4 aromatic rings. The smallest absolute Gasteiger partial charge is 0.303 e. The van der Waals surface area contributed by atoms with Gasteiger partial charge in [0.05, 0.1) is 0 Å². The van der Waals surface area contributed by atoms with Crippen molar-refractivity contribution in [3.63, 3.8) is 0 Å². The lowest BCUT2D eigenvalue weighted by molar-refractivity contribution is -0.138. The minimum absolute atomic E-state index is 0.225. The molecule has 0 aromatic heterocycles. The van der Waals surface area contributed by atoms with Crippen LogP contribution in [0.2, 0.25) is 0 Å². The molecule has 0 spiro atoms. The van der Waals surface area contributed by atoms with Gasteiger partial charge >= 0.3 is 5.97 Å². The van der Waals surface area contributed by atoms with E-state index in [1.807, 2.05) is 62.6 Å². The molecule has 6 nitrogen and oxygen atoms in total. The fourth-order valence-electron chi connectivity index (χ4n) is 6.31. The summed E-state index contributed by atoms with van der Waals surface area (Å²) in [6.45, 7) is 1.12. The fourth-order valence-corrected chi connectivity index (χ4v) is 6.84. The lowest BCUT2D eigenvalue weighted by Gasteiger charge is -2.25. The standard InChI is InChI=1S/C21H24BrNO2.C19H19BrO3/c1-23(2)21(24)12-16-3-6-18-13-20(10-7-17(18)11-16)25-14-15-4-8-19(22)9-5-15;20-17-6-2-13(3-7-17)12-23-18-8-5-15-9-14(10-19(21)22)1-4-16(15)11-18/h4-5,7-10,13,16H,3,6,11-12,14H2,1-2H3;2-3,5-8,11,14H,1,4,9-10,12H2,(H,21,22). The monoisotopic (exact) mass is 775 g/mol. The van der Waals surface area contributed by atoms with Crippen LogP contribution in [-0.2, 0) is 48.5 Å². The Morgan fingerprint density at radius 1 is 0.667 bits per heavy atom. The second-order valence-corrected chi connectivity index (χ2v) is 14.8. The lowest BCUT2D eigenvalue weighted by Crippen LogP contribution is -2.26. The Labute approximate surface area is 300 Å². The van der Waals surface area contributed by atoms with Crippen molar-refractivity contribution in [1.82, 2.24) is 4.90 Å². The van der Waals surface area contributed by atoms with Crippen molar-refractivity contribution in [2.45, 2.75) is 64.6 Å². The number of ether oxygens (including phenoxy) is 2. The number of carbonyl (C=O) groups is 2. The van der Waals surface area contributed by atoms with Gasteiger partial charge in [0, 0.05) is 35.9 Å². The highest BCUT2D eigenvalue weighted by atomic mass is 79.9. The van der Waals surface area contributed by atoms with Gasteiger partial charge in [-0.15, -0.1) is 0 Å². The molecule has 2 aliphatic rings. The average molecular weight is 778 g/mol. The maximum absolute atomic E-state index is 11.9. The summed E-state index contributed by atoms with van der Waals surface area (Å²) in [7, 11) is 3.66. The van der Waals surface area contributed by atoms with Crippen LogP contribution in [-0.4, -0.2) is 36.0 Å². The van der Waals surface area contributed by atoms with Crippen LogP contribution in [0.3, 0.4) is 0 Å². The second kappa shape index (κ2) is 17.2. The van der Waals surface area contributed by atoms with Crippen LogP contribution in [0.1, 0.15) is 59.1 Å². The Morgan fingerprint density at radius 2 is 1.10 bits per heavy atom. The summed E-state index contributed by atoms with van der Waals surface area (Å²) >= 11 is 6.87. The molecule has 2 unspecified atom stereocenters. The fraction of sp³-hybridized carbons (Fsp3) is 0.350. The summed E-state index contributed by atoms with van der Waals surface area (Å²) in [6.07, 6.45) is 6.73. The topological polar surface area (TPSA) is 76.1 Å². The third kappa shape index (κ3) is 10.7. The largest absolute Gasteiger partial charge is 0.489 e. The number of aryl methyl sites for hydroxylation is 2. The van der Waals surface area contributed by atoms with Crippen molar-refractivity contribution >= 4 is 43.7 Å². The van der Waals surface area contributed by atoms with E-state index in [-0.39, 0.29) is 18.2 Å². The summed E-state index contributed by atoms with van der Waals surface area (Å²) < 4.78 is 14.0. The number of aliphatic carboxylic acids is 1. The number of carbonyl (C=O) groups excluding carboxylic acids is 1. The zero-order valence-electron chi connectivity index (χ0n) is 27.6. The van der Waals surface area contributed by atoms with Crippen molar-refractivity contribution in [1.29, 1.82) is 0 Å². The van der Waals surface area contributed by atoms with Crippen LogP contribution in [0.4, 0.5) is 0 Å². The van der Waals surface area contributed by atoms with Gasteiger partial charge in [-0.2, -0.15) is 0 Å². The molecule has 0 radical (unpaired) electrons. The van der Waals surface area contributed by atoms with E-state index in [0.29, 0.717) is 25.6 Å². The van der Waals surface area contributed by atoms with Gasteiger partial charge in [-0.3, -0.25) is 9.59 Å². The number of benzene rings is 4. The van der Waals surface area contributed by atoms with E-state index in [2.05, 4.69) is 68.3 Å². The van der Waals surface area contributed by atoms with Gasteiger partial charge in [-0.25, -0.2) is 0 Å². The number of nitrogens with zero attached hydrogens (tertiary/aromatic N) is 1. The Bertz CT molecular complexity index is 1690. The van der Waals surface area contributed by atoms with E-state index >= 15 is 0 Å². The van der Waals surface area contributed by atoms with E-state index in [4.69, 9.17) is 14.6 Å². The second-order valence-electron chi connectivity index (χ2n) is 13.0. The molecule has 2 aliphatic carbocycles. The molecular weight excluding hydrogens is 734 g/mol. The van der Waals surface area contributed by atoms with E-state index < -0.39 is 5.97 Å². The highest BCUT2D eigenvalue weighted by molar-refractivity contribution is 9.10. The minimum atomic E-state index is -0.701. The van der Waals surface area contributed by atoms with Gasteiger partial charge in [0.25, 0.3) is 0 Å². The van der Waals surface area contributed by atoms with Gasteiger partial charge in [0.15, 0.2) is 0 Å². The first-order valence-corrected chi connectivity index (χ1v) is 18.1. The molecule has 4 aromatic carbocycles. The molecular formula is C40H43Br2NO5. The highest BCUT2D eigenvalue weighted by Crippen LogP contribution is 2.32. The number of rotatable bonds is 10. The number of hydrogen-bond donors (Lipinski definition) is 1. The summed E-state index contributed by atoms with van der Waals surface area (Å²) in [5.41, 5.74) is 7.56. The Hall–Kier alpha value is -3.62. The zero-order chi connectivity index (χ0) is 34.0. The van der Waals surface area contributed by atoms with Gasteiger partial charge in [-0.1, -0.05) is 68.3 Å². The van der Waals surface area contributed by atoms with Crippen molar-refractivity contribution in [3.8, 4) is 11.5 Å². The van der Waals surface area contributed by atoms with Gasteiger partial charge < -0.3 is 19.5 Å². The zero-order valence-corrected chi connectivity index (χ0v) is 30.8. The number of hydrogen-bond acceptors (Lipinski definition) is 4. The first kappa shape index (κ1) is 35.7. The number of fused-ring (bicyclic) bond motifs is 2. The quantitative estimate of drug-likeness (QED) is 0.174. The van der Waals surface area contributed by atoms with Crippen LogP contribution < -0.4 is 9.47 Å². The average Bonchev–Trinajstić information content (AvgIpc) is 3.07. The number of halogens is 2. The minimum Gasteiger partial charge on any atom is -0.489 e. The van der Waals surface area contributed by atoms with Crippen LogP contribution in [0.15, 0.2) is 93.9 Å². The van der Waals surface area contributed by atoms with E-state index in [9.17, 15) is 9.59 Å². The van der Waals surface area contributed by atoms with E-state index in [1.165, 1.54) is 22.3 Å². The number of carboxylic acids is 1. The molecule has 48 heavy (non-hydrogen) atoms. The molecule has 8 heteroatoms. The van der Waals surface area contributed by atoms with Gasteiger partial charge in [-0.05, 0) is 132 Å². The highest BCUT2D eigenvalue weighted by Gasteiger charge is 2.23. The summed E-state index contributed by atoms with van der Waals surface area (Å²) in [5.74, 6) is 2.04. The Kier molecular flexibility index (Phi) is 12.8. The molecule has 0 heterocycles. The van der Waals surface area contributed by atoms with Crippen molar-refractivity contribution in [3.05, 3.63) is 127 Å². The third-order valence-electron chi connectivity index (χ3n) is 9.08. The van der Waals surface area contributed by atoms with E-state index in [0.717, 1.165) is 70.1 Å². The van der Waals surface area contributed by atoms with Crippen LogP contribution in [0, 0.1) is 11.8 Å². The SMILES string of the molecule is CN(C)C(=O)CC1CCc2cc(OCc3ccc(Br)cc3)ccc2C1.O=C(O)CC1CCc2cc(OCc3ccc(Br)cc3)ccc2C1. The first-order chi connectivity index (χ1) is 23.1. The molecule has 0 bridgehead atoms. The third-order valence-corrected chi connectivity index (χ3v) is 10.1. The van der Waals surface area contributed by atoms with Crippen LogP contribution in [0.25, 0.3) is 0 Å². The molecule has 6 rings (SSSR count). The predicted octanol–water partition coefficient (Wildman–Crippen LogP) is 9.22. The summed E-state index contributed by atoms with van der Waals surface area (Å²) in [4.78, 5) is 24.5. The van der Waals surface area contributed by atoms with Crippen molar-refractivity contribution < 1.29 is 24.2 Å². The predicted molar refractivity (Wildman–Crippen MR) is 196 cm³/mol. The Morgan fingerprint density at radius 3 is 1.52 bits per heavy atom. The Balaban J connectivity index is 0.000000188. The van der Waals surface area contributed by atoms with E-state index in [1.54, 1.807) is 4.90 Å². The summed E-state index contributed by atoms with van der Waals surface area (Å²) in [5, 5.41) is 8.93. The van der Waals surface area contributed by atoms with Crippen LogP contribution >= 0.6 is 31.9 Å². The van der Waals surface area contributed by atoms with Crippen molar-refractivity contribution in [2.24, 2.45) is 11.8 Å². The van der Waals surface area contributed by atoms with Crippen molar-refractivity contribution in [2.75, 3.05) is 14.1 Å². The molecule has 0 saturated heterocycles. The van der Waals surface area contributed by atoms with Crippen LogP contribution in [0.5, 0.6) is 11.5 Å². The number of carboxylic acid groups (broad SMARTS) is 1. The van der Waals surface area contributed by atoms with Gasteiger partial charge in [0.2, 0.25) is 5.91 Å².